The molecule has 0 saturated heterocycles. The van der Waals surface area contributed by atoms with Crippen LogP contribution in [-0.4, -0.2) is 31.6 Å². The number of amides is 1. The number of rotatable bonds is 5. The van der Waals surface area contributed by atoms with E-state index in [1.165, 1.54) is 12.5 Å². The van der Waals surface area contributed by atoms with Crippen molar-refractivity contribution >= 4 is 23.5 Å². The second-order valence-electron chi connectivity index (χ2n) is 6.36. The van der Waals surface area contributed by atoms with Crippen molar-refractivity contribution in [1.29, 1.82) is 0 Å². The topological polar surface area (TPSA) is 104 Å². The maximum Gasteiger partial charge on any atom is 0.332 e. The molecule has 0 bridgehead atoms. The predicted octanol–water partition coefficient (Wildman–Crippen LogP) is 1.61. The lowest BCUT2D eigenvalue weighted by Gasteiger charge is -2.43. The quantitative estimate of drug-likeness (QED) is 0.748. The van der Waals surface area contributed by atoms with Crippen LogP contribution in [-0.2, 0) is 22.2 Å². The van der Waals surface area contributed by atoms with Gasteiger partial charge in [-0.15, -0.1) is 0 Å². The van der Waals surface area contributed by atoms with Crippen molar-refractivity contribution < 1.29 is 19.8 Å². The molecule has 132 valence electrons. The van der Waals surface area contributed by atoms with Gasteiger partial charge in [-0.05, 0) is 30.5 Å². The van der Waals surface area contributed by atoms with Crippen LogP contribution in [0.2, 0.25) is 5.02 Å². The van der Waals surface area contributed by atoms with Gasteiger partial charge in [0.2, 0.25) is 5.91 Å². The number of carbonyl (C=O) groups excluding carboxylic acids is 1. The molecular formula is C17H18ClN3O4. The maximum absolute atomic E-state index is 12.4. The van der Waals surface area contributed by atoms with Crippen molar-refractivity contribution in [2.45, 2.75) is 24.5 Å². The molecule has 1 aliphatic rings. The number of carbonyl (C=O) groups is 2. The molecule has 1 heterocycles. The van der Waals surface area contributed by atoms with E-state index in [0.717, 1.165) is 0 Å². The van der Waals surface area contributed by atoms with E-state index in [9.17, 15) is 19.8 Å². The van der Waals surface area contributed by atoms with Gasteiger partial charge in [-0.3, -0.25) is 4.79 Å². The lowest BCUT2D eigenvalue weighted by molar-refractivity contribution is -0.149. The molecule has 1 aromatic carbocycles. The highest BCUT2D eigenvalue weighted by atomic mass is 35.5. The number of aromatic nitrogens is 2. The minimum Gasteiger partial charge on any atom is -0.479 e. The first kappa shape index (κ1) is 17.4. The van der Waals surface area contributed by atoms with E-state index in [0.29, 0.717) is 16.3 Å². The zero-order valence-electron chi connectivity index (χ0n) is 13.5. The number of halogens is 1. The van der Waals surface area contributed by atoms with Gasteiger partial charge in [-0.2, -0.15) is 0 Å². The third-order valence-corrected chi connectivity index (χ3v) is 4.82. The molecule has 25 heavy (non-hydrogen) atoms. The number of carboxylic acid groups (broad SMARTS) is 1. The van der Waals surface area contributed by atoms with Crippen molar-refractivity contribution in [1.82, 2.24) is 14.9 Å². The highest BCUT2D eigenvalue weighted by molar-refractivity contribution is 6.30. The third-order valence-electron chi connectivity index (χ3n) is 4.58. The average Bonchev–Trinajstić information content (AvgIpc) is 2.94. The zero-order chi connectivity index (χ0) is 18.2. The van der Waals surface area contributed by atoms with Gasteiger partial charge < -0.3 is 20.1 Å². The number of aliphatic hydroxyl groups is 1. The van der Waals surface area contributed by atoms with Gasteiger partial charge in [-0.25, -0.2) is 9.78 Å². The van der Waals surface area contributed by atoms with E-state index in [-0.39, 0.29) is 12.8 Å². The summed E-state index contributed by atoms with van der Waals surface area (Å²) in [6.45, 7) is 0. The van der Waals surface area contributed by atoms with Crippen molar-refractivity contribution in [3.63, 3.8) is 0 Å². The Labute approximate surface area is 149 Å². The Morgan fingerprint density at radius 1 is 1.44 bits per heavy atom. The molecule has 7 nitrogen and oxygen atoms in total. The van der Waals surface area contributed by atoms with Crippen LogP contribution in [0.15, 0.2) is 36.8 Å². The Balaban J connectivity index is 1.67. The van der Waals surface area contributed by atoms with Gasteiger partial charge >= 0.3 is 5.97 Å². The fourth-order valence-electron chi connectivity index (χ4n) is 3.12. The van der Waals surface area contributed by atoms with E-state index >= 15 is 0 Å². The highest BCUT2D eigenvalue weighted by Gasteiger charge is 2.48. The molecule has 0 radical (unpaired) electrons. The SMILES string of the molecule is Cn1cncc1C(NC(=O)C1CC(O)(c2cccc(Cl)c2)C1)C(=O)O. The van der Waals surface area contributed by atoms with Gasteiger partial charge in [-0.1, -0.05) is 23.7 Å². The average molecular weight is 364 g/mol. The van der Waals surface area contributed by atoms with Gasteiger partial charge in [0, 0.05) is 18.0 Å². The van der Waals surface area contributed by atoms with Gasteiger partial charge in [0.1, 0.15) is 0 Å². The summed E-state index contributed by atoms with van der Waals surface area (Å²) in [5.74, 6) is -2.03. The van der Waals surface area contributed by atoms with Crippen molar-refractivity contribution in [3.05, 3.63) is 53.1 Å². The summed E-state index contributed by atoms with van der Waals surface area (Å²) in [4.78, 5) is 27.8. The normalized spacial score (nSPS) is 23.6. The number of aliphatic carboxylic acids is 1. The minimum absolute atomic E-state index is 0.219. The van der Waals surface area contributed by atoms with Crippen LogP contribution in [0.3, 0.4) is 0 Å². The van der Waals surface area contributed by atoms with E-state index in [2.05, 4.69) is 10.3 Å². The molecule has 3 rings (SSSR count). The van der Waals surface area contributed by atoms with Crippen LogP contribution in [0.25, 0.3) is 0 Å². The molecule has 1 saturated carbocycles. The Bertz CT molecular complexity index is 814. The van der Waals surface area contributed by atoms with Crippen molar-refractivity contribution in [3.8, 4) is 0 Å². The van der Waals surface area contributed by atoms with Gasteiger partial charge in [0.15, 0.2) is 6.04 Å². The molecule has 1 atom stereocenters. The molecule has 8 heteroatoms. The Hall–Kier alpha value is -2.38. The van der Waals surface area contributed by atoms with E-state index in [1.54, 1.807) is 35.9 Å². The first-order valence-corrected chi connectivity index (χ1v) is 8.16. The number of aryl methyl sites for hydroxylation is 1. The van der Waals surface area contributed by atoms with Crippen LogP contribution in [0.5, 0.6) is 0 Å². The van der Waals surface area contributed by atoms with Crippen molar-refractivity contribution in [2.24, 2.45) is 13.0 Å². The number of hydrogen-bond donors (Lipinski definition) is 3. The molecule has 1 unspecified atom stereocenters. The number of imidazole rings is 1. The molecule has 0 spiro atoms. The first-order valence-electron chi connectivity index (χ1n) is 7.78. The Kier molecular flexibility index (Phi) is 4.53. The number of benzene rings is 1. The summed E-state index contributed by atoms with van der Waals surface area (Å²) < 4.78 is 1.54. The molecule has 0 aliphatic heterocycles. The van der Waals surface area contributed by atoms with Crippen LogP contribution in [0, 0.1) is 5.92 Å². The zero-order valence-corrected chi connectivity index (χ0v) is 14.3. The summed E-state index contributed by atoms with van der Waals surface area (Å²) in [7, 11) is 1.66. The van der Waals surface area contributed by atoms with Crippen LogP contribution >= 0.6 is 11.6 Å². The molecule has 2 aromatic rings. The summed E-state index contributed by atoms with van der Waals surface area (Å²) in [6.07, 6.45) is 3.31. The molecule has 1 aliphatic carbocycles. The molecule has 3 N–H and O–H groups in total. The molecule has 1 fully saturated rings. The Morgan fingerprint density at radius 2 is 2.16 bits per heavy atom. The standard InChI is InChI=1S/C17H18ClN3O4/c1-21-9-19-8-13(21)14(16(23)24)20-15(22)10-6-17(25,7-10)11-3-2-4-12(18)5-11/h2-5,8-10,14,25H,6-7H2,1H3,(H,20,22)(H,23,24). The smallest absolute Gasteiger partial charge is 0.332 e. The fourth-order valence-corrected chi connectivity index (χ4v) is 3.31. The predicted molar refractivity (Wildman–Crippen MR) is 89.8 cm³/mol. The number of nitrogens with zero attached hydrogens (tertiary/aromatic N) is 2. The monoisotopic (exact) mass is 363 g/mol. The van der Waals surface area contributed by atoms with E-state index in [1.807, 2.05) is 0 Å². The summed E-state index contributed by atoms with van der Waals surface area (Å²) >= 11 is 5.94. The fraction of sp³-hybridized carbons (Fsp3) is 0.353. The second-order valence-corrected chi connectivity index (χ2v) is 6.79. The van der Waals surface area contributed by atoms with Crippen LogP contribution in [0.1, 0.15) is 30.1 Å². The number of nitrogens with one attached hydrogen (secondary N) is 1. The third kappa shape index (κ3) is 3.38. The lowest BCUT2D eigenvalue weighted by atomic mass is 9.67. The first-order chi connectivity index (χ1) is 11.8. The van der Waals surface area contributed by atoms with Gasteiger partial charge in [0.25, 0.3) is 0 Å². The molecule has 1 aromatic heterocycles. The van der Waals surface area contributed by atoms with E-state index in [4.69, 9.17) is 11.6 Å². The van der Waals surface area contributed by atoms with Crippen LogP contribution in [0.4, 0.5) is 0 Å². The Morgan fingerprint density at radius 3 is 2.72 bits per heavy atom. The maximum atomic E-state index is 12.4. The molecule has 1 amide bonds. The van der Waals surface area contributed by atoms with Crippen molar-refractivity contribution in [2.75, 3.05) is 0 Å². The summed E-state index contributed by atoms with van der Waals surface area (Å²) in [5.41, 5.74) is -0.0752. The highest BCUT2D eigenvalue weighted by Crippen LogP contribution is 2.46. The second kappa shape index (κ2) is 6.50. The summed E-state index contributed by atoms with van der Waals surface area (Å²) in [6, 6.07) is 5.70. The molecular weight excluding hydrogens is 346 g/mol. The van der Waals surface area contributed by atoms with E-state index < -0.39 is 29.4 Å². The van der Waals surface area contributed by atoms with Gasteiger partial charge in [0.05, 0.1) is 23.8 Å². The largest absolute Gasteiger partial charge is 0.479 e. The van der Waals surface area contributed by atoms with Crippen LogP contribution < -0.4 is 5.32 Å². The summed E-state index contributed by atoms with van der Waals surface area (Å²) in [5, 5.41) is 23.1. The number of carboxylic acids is 1. The minimum atomic E-state index is -1.18. The lowest BCUT2D eigenvalue weighted by Crippen LogP contribution is -2.49. The number of hydrogen-bond acceptors (Lipinski definition) is 4.